The van der Waals surface area contributed by atoms with Gasteiger partial charge >= 0.3 is 5.97 Å². The maximum absolute atomic E-state index is 11.5. The van der Waals surface area contributed by atoms with Crippen LogP contribution in [-0.2, 0) is 22.1 Å². The first kappa shape index (κ1) is 15.2. The van der Waals surface area contributed by atoms with Gasteiger partial charge in [-0.3, -0.25) is 0 Å². The molecule has 0 atom stereocenters. The summed E-state index contributed by atoms with van der Waals surface area (Å²) in [6, 6.07) is 6.48. The molecule has 7 nitrogen and oxygen atoms in total. The van der Waals surface area contributed by atoms with Crippen molar-refractivity contribution in [1.82, 2.24) is 15.0 Å². The number of sulfone groups is 1. The second kappa shape index (κ2) is 6.04. The van der Waals surface area contributed by atoms with Gasteiger partial charge in [-0.15, -0.1) is 5.10 Å². The van der Waals surface area contributed by atoms with E-state index in [0.29, 0.717) is 12.2 Å². The number of benzene rings is 1. The number of carbonyl (C=O) groups is 1. The standard InChI is InChI=1S/C13H15N3O4S/c1-2-21(19,20)9-12-8-16(15-14-12)7-10-4-3-5-11(6-10)13(17)18/h3-6,8H,2,7,9H2,1H3,(H,17,18). The van der Waals surface area contributed by atoms with Crippen molar-refractivity contribution in [2.24, 2.45) is 0 Å². The van der Waals surface area contributed by atoms with Gasteiger partial charge < -0.3 is 5.11 Å². The molecule has 2 aromatic rings. The second-order valence-electron chi connectivity index (χ2n) is 4.59. The van der Waals surface area contributed by atoms with Crippen molar-refractivity contribution in [2.75, 3.05) is 5.75 Å². The summed E-state index contributed by atoms with van der Waals surface area (Å²) in [6.45, 7) is 1.91. The molecule has 2 rings (SSSR count). The van der Waals surface area contributed by atoms with Crippen molar-refractivity contribution >= 4 is 15.8 Å². The van der Waals surface area contributed by atoms with Gasteiger partial charge in [0.25, 0.3) is 0 Å². The molecule has 0 saturated heterocycles. The first-order valence-corrected chi connectivity index (χ1v) is 8.13. The molecule has 0 aliphatic rings. The van der Waals surface area contributed by atoms with Crippen molar-refractivity contribution < 1.29 is 18.3 Å². The molecule has 1 heterocycles. The molecule has 1 N–H and O–H groups in total. The van der Waals surface area contributed by atoms with E-state index < -0.39 is 15.8 Å². The Hall–Kier alpha value is -2.22. The summed E-state index contributed by atoms with van der Waals surface area (Å²) in [5.74, 6) is -1.08. The van der Waals surface area contributed by atoms with E-state index in [9.17, 15) is 13.2 Å². The van der Waals surface area contributed by atoms with E-state index in [4.69, 9.17) is 5.11 Å². The Bertz CT molecular complexity index is 752. The number of hydrogen-bond donors (Lipinski definition) is 1. The minimum atomic E-state index is -3.14. The minimum Gasteiger partial charge on any atom is -0.478 e. The van der Waals surface area contributed by atoms with Gasteiger partial charge in [0.2, 0.25) is 0 Å². The van der Waals surface area contributed by atoms with Crippen molar-refractivity contribution in [3.05, 3.63) is 47.3 Å². The highest BCUT2D eigenvalue weighted by Gasteiger charge is 2.12. The van der Waals surface area contributed by atoms with E-state index in [1.807, 2.05) is 0 Å². The average molecular weight is 309 g/mol. The summed E-state index contributed by atoms with van der Waals surface area (Å²) in [4.78, 5) is 10.9. The number of aromatic carboxylic acids is 1. The van der Waals surface area contributed by atoms with Gasteiger partial charge in [0.15, 0.2) is 9.84 Å². The Balaban J connectivity index is 2.12. The number of carboxylic acid groups (broad SMARTS) is 1. The van der Waals surface area contributed by atoms with Crippen LogP contribution < -0.4 is 0 Å². The monoisotopic (exact) mass is 309 g/mol. The van der Waals surface area contributed by atoms with Gasteiger partial charge in [0.05, 0.1) is 23.6 Å². The summed E-state index contributed by atoms with van der Waals surface area (Å²) >= 11 is 0. The quantitative estimate of drug-likeness (QED) is 0.852. The topological polar surface area (TPSA) is 102 Å². The second-order valence-corrected chi connectivity index (χ2v) is 6.94. The van der Waals surface area contributed by atoms with E-state index in [0.717, 1.165) is 5.56 Å². The lowest BCUT2D eigenvalue weighted by molar-refractivity contribution is 0.0696. The molecule has 0 spiro atoms. The fraction of sp³-hybridized carbons (Fsp3) is 0.308. The van der Waals surface area contributed by atoms with E-state index in [-0.39, 0.29) is 17.1 Å². The molecule has 0 aliphatic heterocycles. The lowest BCUT2D eigenvalue weighted by Gasteiger charge is -2.02. The maximum atomic E-state index is 11.5. The predicted molar refractivity (Wildman–Crippen MR) is 75.7 cm³/mol. The largest absolute Gasteiger partial charge is 0.478 e. The zero-order chi connectivity index (χ0) is 15.5. The molecule has 0 radical (unpaired) electrons. The van der Waals surface area contributed by atoms with E-state index >= 15 is 0 Å². The highest BCUT2D eigenvalue weighted by Crippen LogP contribution is 2.08. The first-order chi connectivity index (χ1) is 9.89. The fourth-order valence-electron chi connectivity index (χ4n) is 1.80. The van der Waals surface area contributed by atoms with Gasteiger partial charge in [-0.25, -0.2) is 17.9 Å². The van der Waals surface area contributed by atoms with Crippen LogP contribution in [-0.4, -0.2) is 40.2 Å². The van der Waals surface area contributed by atoms with Crippen LogP contribution in [0.25, 0.3) is 0 Å². The van der Waals surface area contributed by atoms with Crippen LogP contribution in [0.5, 0.6) is 0 Å². The van der Waals surface area contributed by atoms with Crippen LogP contribution in [0.4, 0.5) is 0 Å². The highest BCUT2D eigenvalue weighted by molar-refractivity contribution is 7.90. The molecule has 0 aliphatic carbocycles. The Labute approximate surface area is 122 Å². The van der Waals surface area contributed by atoms with Gasteiger partial charge in [-0.2, -0.15) is 0 Å². The lowest BCUT2D eigenvalue weighted by atomic mass is 10.1. The molecule has 0 amide bonds. The molecule has 112 valence electrons. The lowest BCUT2D eigenvalue weighted by Crippen LogP contribution is -2.06. The van der Waals surface area contributed by atoms with Crippen molar-refractivity contribution in [3.8, 4) is 0 Å². The Kier molecular flexibility index (Phi) is 4.37. The van der Waals surface area contributed by atoms with Crippen LogP contribution in [0.2, 0.25) is 0 Å². The van der Waals surface area contributed by atoms with Crippen LogP contribution in [0.15, 0.2) is 30.5 Å². The van der Waals surface area contributed by atoms with Gasteiger partial charge in [-0.05, 0) is 17.7 Å². The van der Waals surface area contributed by atoms with E-state index in [1.165, 1.54) is 10.7 Å². The van der Waals surface area contributed by atoms with Gasteiger partial charge in [-0.1, -0.05) is 24.3 Å². The summed E-state index contributed by atoms with van der Waals surface area (Å²) in [6.07, 6.45) is 1.56. The van der Waals surface area contributed by atoms with E-state index in [1.54, 1.807) is 31.3 Å². The number of carboxylic acids is 1. The van der Waals surface area contributed by atoms with Crippen LogP contribution in [0.1, 0.15) is 28.5 Å². The molecular formula is C13H15N3O4S. The highest BCUT2D eigenvalue weighted by atomic mass is 32.2. The Morgan fingerprint density at radius 2 is 2.14 bits per heavy atom. The summed E-state index contributed by atoms with van der Waals surface area (Å²) in [7, 11) is -3.14. The predicted octanol–water partition coefficient (Wildman–Crippen LogP) is 0.959. The number of rotatable bonds is 6. The Morgan fingerprint density at radius 1 is 1.38 bits per heavy atom. The van der Waals surface area contributed by atoms with Gasteiger partial charge in [0, 0.05) is 11.9 Å². The molecule has 0 saturated carbocycles. The van der Waals surface area contributed by atoms with Crippen LogP contribution >= 0.6 is 0 Å². The Morgan fingerprint density at radius 3 is 2.81 bits per heavy atom. The summed E-state index contributed by atoms with van der Waals surface area (Å²) in [5, 5.41) is 16.6. The normalized spacial score (nSPS) is 11.5. The van der Waals surface area contributed by atoms with Crippen molar-refractivity contribution in [2.45, 2.75) is 19.2 Å². The zero-order valence-corrected chi connectivity index (χ0v) is 12.2. The van der Waals surface area contributed by atoms with Gasteiger partial charge in [0.1, 0.15) is 0 Å². The third-order valence-corrected chi connectivity index (χ3v) is 4.53. The summed E-state index contributed by atoms with van der Waals surface area (Å²) < 4.78 is 24.5. The molecule has 1 aromatic carbocycles. The zero-order valence-electron chi connectivity index (χ0n) is 11.4. The molecular weight excluding hydrogens is 294 g/mol. The molecule has 21 heavy (non-hydrogen) atoms. The average Bonchev–Trinajstić information content (AvgIpc) is 2.85. The number of nitrogens with zero attached hydrogens (tertiary/aromatic N) is 3. The molecule has 1 aromatic heterocycles. The molecule has 0 fully saturated rings. The van der Waals surface area contributed by atoms with Crippen molar-refractivity contribution in [1.29, 1.82) is 0 Å². The maximum Gasteiger partial charge on any atom is 0.335 e. The summed E-state index contributed by atoms with van der Waals surface area (Å²) in [5.41, 5.74) is 1.33. The first-order valence-electron chi connectivity index (χ1n) is 6.31. The van der Waals surface area contributed by atoms with Crippen molar-refractivity contribution in [3.63, 3.8) is 0 Å². The fourth-order valence-corrected chi connectivity index (χ4v) is 2.59. The van der Waals surface area contributed by atoms with E-state index in [2.05, 4.69) is 10.3 Å². The minimum absolute atomic E-state index is 0.0561. The third kappa shape index (κ3) is 4.12. The third-order valence-electron chi connectivity index (χ3n) is 2.91. The number of hydrogen-bond acceptors (Lipinski definition) is 5. The van der Waals surface area contributed by atoms with Crippen LogP contribution in [0, 0.1) is 0 Å². The molecule has 0 bridgehead atoms. The number of aromatic nitrogens is 3. The molecule has 8 heteroatoms. The van der Waals surface area contributed by atoms with Crippen LogP contribution in [0.3, 0.4) is 0 Å². The smallest absolute Gasteiger partial charge is 0.335 e. The molecule has 0 unspecified atom stereocenters. The SMILES string of the molecule is CCS(=O)(=O)Cc1cn(Cc2cccc(C(=O)O)c2)nn1.